The van der Waals surface area contributed by atoms with Crippen molar-refractivity contribution in [2.75, 3.05) is 11.9 Å². The van der Waals surface area contributed by atoms with Crippen molar-refractivity contribution in [1.29, 1.82) is 0 Å². The van der Waals surface area contributed by atoms with Gasteiger partial charge in [-0.05, 0) is 32.0 Å². The van der Waals surface area contributed by atoms with E-state index in [1.165, 1.54) is 18.2 Å². The quantitative estimate of drug-likeness (QED) is 0.469. The summed E-state index contributed by atoms with van der Waals surface area (Å²) in [5.41, 5.74) is 3.52. The minimum Gasteiger partial charge on any atom is -0.490 e. The Hall–Kier alpha value is -4.02. The lowest BCUT2D eigenvalue weighted by atomic mass is 10.2. The van der Waals surface area contributed by atoms with Gasteiger partial charge in [-0.15, -0.1) is 0 Å². The first-order valence-corrected chi connectivity index (χ1v) is 9.74. The average molecular weight is 442 g/mol. The molecule has 0 radical (unpaired) electrons. The minimum absolute atomic E-state index is 0.0941. The molecule has 0 atom stereocenters. The summed E-state index contributed by atoms with van der Waals surface area (Å²) in [6.07, 6.45) is 3.36. The molecule has 1 amide bonds. The summed E-state index contributed by atoms with van der Waals surface area (Å²) in [6, 6.07) is 7.51. The second-order valence-electron chi connectivity index (χ2n) is 6.82. The highest BCUT2D eigenvalue weighted by Gasteiger charge is 2.18. The fourth-order valence-corrected chi connectivity index (χ4v) is 3.20. The zero-order valence-corrected chi connectivity index (χ0v) is 17.5. The third kappa shape index (κ3) is 4.09. The summed E-state index contributed by atoms with van der Waals surface area (Å²) in [7, 11) is 1.84. The van der Waals surface area contributed by atoms with Crippen molar-refractivity contribution in [3.8, 4) is 22.8 Å². The monoisotopic (exact) mass is 442 g/mol. The van der Waals surface area contributed by atoms with E-state index < -0.39 is 12.5 Å². The summed E-state index contributed by atoms with van der Waals surface area (Å²) in [5.74, 6) is -0.515. The number of amides is 1. The molecule has 32 heavy (non-hydrogen) atoms. The second kappa shape index (κ2) is 8.61. The normalized spacial score (nSPS) is 11.2. The molecule has 0 fully saturated rings. The number of aryl methyl sites for hydroxylation is 1. The molecule has 4 rings (SSSR count). The lowest BCUT2D eigenvalue weighted by molar-refractivity contribution is -0.0514. The van der Waals surface area contributed by atoms with Gasteiger partial charge in [0.25, 0.3) is 5.91 Å². The summed E-state index contributed by atoms with van der Waals surface area (Å²) in [6.45, 7) is 0.898. The van der Waals surface area contributed by atoms with E-state index in [9.17, 15) is 13.6 Å². The number of anilines is 1. The van der Waals surface area contributed by atoms with E-state index in [-0.39, 0.29) is 23.8 Å². The number of alkyl halides is 2. The maximum atomic E-state index is 12.8. The fraction of sp³-hybridized carbons (Fsp3) is 0.238. The summed E-state index contributed by atoms with van der Waals surface area (Å²) >= 11 is 0. The number of hydrogen-bond donors (Lipinski definition) is 1. The van der Waals surface area contributed by atoms with Gasteiger partial charge in [0.2, 0.25) is 0 Å². The van der Waals surface area contributed by atoms with Gasteiger partial charge in [0.15, 0.2) is 22.8 Å². The van der Waals surface area contributed by atoms with Crippen LogP contribution in [0.2, 0.25) is 0 Å². The number of benzene rings is 1. The molecule has 0 saturated heterocycles. The first kappa shape index (κ1) is 21.2. The van der Waals surface area contributed by atoms with E-state index in [2.05, 4.69) is 25.2 Å². The third-order valence-corrected chi connectivity index (χ3v) is 4.82. The minimum atomic E-state index is -2.99. The van der Waals surface area contributed by atoms with Gasteiger partial charge in [0, 0.05) is 42.3 Å². The van der Waals surface area contributed by atoms with Gasteiger partial charge in [0.1, 0.15) is 0 Å². The predicted molar refractivity (Wildman–Crippen MR) is 112 cm³/mol. The van der Waals surface area contributed by atoms with Gasteiger partial charge in [-0.25, -0.2) is 9.50 Å². The molecule has 4 aromatic rings. The van der Waals surface area contributed by atoms with E-state index in [0.29, 0.717) is 11.3 Å². The van der Waals surface area contributed by atoms with Crippen LogP contribution in [-0.2, 0) is 7.05 Å². The Labute approximate surface area is 181 Å². The van der Waals surface area contributed by atoms with Gasteiger partial charge in [0.05, 0.1) is 18.5 Å². The Balaban J connectivity index is 1.63. The standard InChI is InChI=1S/C21H20F2N6O3/c1-4-31-18-9-13(5-6-17(18)32-21(22)23)26-20(30)15-10-19-24-8-7-16(29(19)27-15)14-11-25-28(3)12(14)2/h5-11,21H,4H2,1-3H3,(H,26,30). The van der Waals surface area contributed by atoms with Crippen LogP contribution in [0.1, 0.15) is 23.1 Å². The number of carbonyl (C=O) groups excluding carboxylic acids is 1. The number of carbonyl (C=O) groups is 1. The lowest BCUT2D eigenvalue weighted by Crippen LogP contribution is -2.13. The molecule has 3 aromatic heterocycles. The summed E-state index contributed by atoms with van der Waals surface area (Å²) < 4.78 is 38.3. The van der Waals surface area contributed by atoms with Crippen molar-refractivity contribution in [2.24, 2.45) is 7.05 Å². The molecule has 0 aliphatic rings. The fourth-order valence-electron chi connectivity index (χ4n) is 3.20. The molecule has 0 bridgehead atoms. The third-order valence-electron chi connectivity index (χ3n) is 4.82. The molecule has 0 spiro atoms. The first-order chi connectivity index (χ1) is 15.4. The van der Waals surface area contributed by atoms with Crippen LogP contribution in [0.4, 0.5) is 14.5 Å². The smallest absolute Gasteiger partial charge is 0.387 e. The van der Waals surface area contributed by atoms with Crippen molar-refractivity contribution in [3.63, 3.8) is 0 Å². The van der Waals surface area contributed by atoms with Crippen molar-refractivity contribution in [3.05, 3.63) is 54.1 Å². The second-order valence-corrected chi connectivity index (χ2v) is 6.82. The van der Waals surface area contributed by atoms with Crippen LogP contribution in [0.25, 0.3) is 16.9 Å². The van der Waals surface area contributed by atoms with Crippen molar-refractivity contribution >= 4 is 17.2 Å². The highest BCUT2D eigenvalue weighted by atomic mass is 19.3. The van der Waals surface area contributed by atoms with Crippen LogP contribution >= 0.6 is 0 Å². The molecular weight excluding hydrogens is 422 g/mol. The predicted octanol–water partition coefficient (Wildman–Crippen LogP) is 3.69. The highest BCUT2D eigenvalue weighted by molar-refractivity contribution is 6.03. The van der Waals surface area contributed by atoms with Crippen LogP contribution in [0.3, 0.4) is 0 Å². The molecule has 3 heterocycles. The SMILES string of the molecule is CCOc1cc(NC(=O)c2cc3nccc(-c4cnn(C)c4C)n3n2)ccc1OC(F)F. The topological polar surface area (TPSA) is 95.6 Å². The maximum Gasteiger partial charge on any atom is 0.387 e. The Bertz CT molecular complexity index is 1280. The maximum absolute atomic E-state index is 12.8. The average Bonchev–Trinajstić information content (AvgIpc) is 3.34. The van der Waals surface area contributed by atoms with Gasteiger partial charge in [-0.1, -0.05) is 0 Å². The summed E-state index contributed by atoms with van der Waals surface area (Å²) in [4.78, 5) is 17.1. The molecule has 11 heteroatoms. The largest absolute Gasteiger partial charge is 0.490 e. The number of fused-ring (bicyclic) bond motifs is 1. The molecule has 1 aromatic carbocycles. The Kier molecular flexibility index (Phi) is 5.71. The molecular formula is C21H20F2N6O3. The lowest BCUT2D eigenvalue weighted by Gasteiger charge is -2.13. The number of halogens is 2. The molecule has 9 nitrogen and oxygen atoms in total. The van der Waals surface area contributed by atoms with Crippen LogP contribution < -0.4 is 14.8 Å². The van der Waals surface area contributed by atoms with Gasteiger partial charge in [-0.3, -0.25) is 9.48 Å². The molecule has 0 aliphatic heterocycles. The molecule has 1 N–H and O–H groups in total. The van der Waals surface area contributed by atoms with Crippen LogP contribution in [-0.4, -0.2) is 43.5 Å². The summed E-state index contributed by atoms with van der Waals surface area (Å²) in [5, 5.41) is 11.3. The van der Waals surface area contributed by atoms with Gasteiger partial charge >= 0.3 is 6.61 Å². The number of aromatic nitrogens is 5. The van der Waals surface area contributed by atoms with Crippen molar-refractivity contribution < 1.29 is 23.0 Å². The number of hydrogen-bond acceptors (Lipinski definition) is 6. The van der Waals surface area contributed by atoms with Crippen LogP contribution in [0.15, 0.2) is 42.7 Å². The van der Waals surface area contributed by atoms with E-state index in [4.69, 9.17) is 4.74 Å². The molecule has 0 aliphatic carbocycles. The number of nitrogens with zero attached hydrogens (tertiary/aromatic N) is 5. The van der Waals surface area contributed by atoms with E-state index in [1.54, 1.807) is 40.6 Å². The van der Waals surface area contributed by atoms with Crippen molar-refractivity contribution in [1.82, 2.24) is 24.4 Å². The van der Waals surface area contributed by atoms with Crippen molar-refractivity contribution in [2.45, 2.75) is 20.5 Å². The van der Waals surface area contributed by atoms with E-state index >= 15 is 0 Å². The Morgan fingerprint density at radius 3 is 2.72 bits per heavy atom. The van der Waals surface area contributed by atoms with Crippen LogP contribution in [0, 0.1) is 6.92 Å². The zero-order chi connectivity index (χ0) is 22.8. The molecule has 0 unspecified atom stereocenters. The number of ether oxygens (including phenoxy) is 2. The van der Waals surface area contributed by atoms with Crippen LogP contribution in [0.5, 0.6) is 11.5 Å². The van der Waals surface area contributed by atoms with E-state index in [0.717, 1.165) is 17.0 Å². The number of nitrogens with one attached hydrogen (secondary N) is 1. The molecule has 0 saturated carbocycles. The van der Waals surface area contributed by atoms with E-state index in [1.807, 2.05) is 14.0 Å². The number of rotatable bonds is 7. The highest BCUT2D eigenvalue weighted by Crippen LogP contribution is 2.32. The Morgan fingerprint density at radius 2 is 2.03 bits per heavy atom. The first-order valence-electron chi connectivity index (χ1n) is 9.74. The van der Waals surface area contributed by atoms with Gasteiger partial charge in [-0.2, -0.15) is 19.0 Å². The molecule has 166 valence electrons. The van der Waals surface area contributed by atoms with Gasteiger partial charge < -0.3 is 14.8 Å². The Morgan fingerprint density at radius 1 is 1.22 bits per heavy atom. The zero-order valence-electron chi connectivity index (χ0n) is 17.5.